The van der Waals surface area contributed by atoms with E-state index < -0.39 is 0 Å². The van der Waals surface area contributed by atoms with Crippen molar-refractivity contribution in [1.82, 2.24) is 14.9 Å². The minimum atomic E-state index is 0.0737. The third kappa shape index (κ3) is 6.11. The molecule has 1 fully saturated rings. The standard InChI is InChI=1S/C27H32N4O3/c1-30-10-12-31(13-11-30)24-7-4-20(5-8-24)14-22-16-23(29-19-28-22)17-25(32)15-21-6-9-26(33-2)18-27(21)34-3/h4-9,16,18-19H,10-15,17H2,1-3H3. The van der Waals surface area contributed by atoms with E-state index in [0.717, 1.165) is 43.1 Å². The molecule has 1 aliphatic heterocycles. The Labute approximate surface area is 201 Å². The zero-order valence-electron chi connectivity index (χ0n) is 20.2. The Kier molecular flexibility index (Phi) is 7.75. The van der Waals surface area contributed by atoms with E-state index in [2.05, 4.69) is 51.1 Å². The van der Waals surface area contributed by atoms with Gasteiger partial charge >= 0.3 is 0 Å². The molecular weight excluding hydrogens is 428 g/mol. The van der Waals surface area contributed by atoms with Crippen molar-refractivity contribution in [2.75, 3.05) is 52.3 Å². The van der Waals surface area contributed by atoms with Crippen molar-refractivity contribution in [2.24, 2.45) is 0 Å². The maximum Gasteiger partial charge on any atom is 0.143 e. The summed E-state index contributed by atoms with van der Waals surface area (Å²) in [5.41, 5.74) is 4.93. The van der Waals surface area contributed by atoms with Gasteiger partial charge in [-0.15, -0.1) is 0 Å². The van der Waals surface area contributed by atoms with Crippen LogP contribution in [0.15, 0.2) is 54.9 Å². The number of benzene rings is 2. The van der Waals surface area contributed by atoms with Gasteiger partial charge < -0.3 is 19.3 Å². The van der Waals surface area contributed by atoms with Gasteiger partial charge in [0.05, 0.1) is 19.9 Å². The monoisotopic (exact) mass is 460 g/mol. The Morgan fingerprint density at radius 1 is 0.882 bits per heavy atom. The zero-order chi connectivity index (χ0) is 23.9. The van der Waals surface area contributed by atoms with Gasteiger partial charge in [-0.3, -0.25) is 4.79 Å². The Morgan fingerprint density at radius 2 is 1.62 bits per heavy atom. The molecule has 1 aromatic heterocycles. The first-order valence-corrected chi connectivity index (χ1v) is 11.6. The number of anilines is 1. The fourth-order valence-electron chi connectivity index (χ4n) is 4.21. The van der Waals surface area contributed by atoms with Crippen molar-refractivity contribution in [3.05, 3.63) is 77.4 Å². The number of hydrogen-bond acceptors (Lipinski definition) is 7. The van der Waals surface area contributed by atoms with E-state index in [1.54, 1.807) is 26.6 Å². The van der Waals surface area contributed by atoms with Crippen LogP contribution in [0.1, 0.15) is 22.5 Å². The van der Waals surface area contributed by atoms with Gasteiger partial charge in [-0.1, -0.05) is 18.2 Å². The van der Waals surface area contributed by atoms with Crippen LogP contribution < -0.4 is 14.4 Å². The molecule has 0 saturated carbocycles. The van der Waals surface area contributed by atoms with Crippen molar-refractivity contribution >= 4 is 11.5 Å². The molecule has 0 N–H and O–H groups in total. The van der Waals surface area contributed by atoms with Gasteiger partial charge in [0, 0.05) is 68.5 Å². The molecule has 0 radical (unpaired) electrons. The number of ether oxygens (including phenoxy) is 2. The number of hydrogen-bond donors (Lipinski definition) is 0. The van der Waals surface area contributed by atoms with Crippen molar-refractivity contribution in [1.29, 1.82) is 0 Å². The molecule has 178 valence electrons. The molecule has 1 saturated heterocycles. The summed E-state index contributed by atoms with van der Waals surface area (Å²) in [7, 11) is 5.37. The number of ketones is 1. The number of carbonyl (C=O) groups is 1. The van der Waals surface area contributed by atoms with Gasteiger partial charge in [0.15, 0.2) is 0 Å². The summed E-state index contributed by atoms with van der Waals surface area (Å²) in [4.78, 5) is 26.3. The Hall–Kier alpha value is -3.45. The van der Waals surface area contributed by atoms with E-state index in [0.29, 0.717) is 17.9 Å². The normalized spacial score (nSPS) is 14.1. The minimum Gasteiger partial charge on any atom is -0.497 e. The average Bonchev–Trinajstić information content (AvgIpc) is 2.85. The molecular formula is C27H32N4O3. The van der Waals surface area contributed by atoms with E-state index in [9.17, 15) is 4.79 Å². The fourth-order valence-corrected chi connectivity index (χ4v) is 4.21. The summed E-state index contributed by atoms with van der Waals surface area (Å²) in [6.45, 7) is 4.30. The molecule has 0 bridgehead atoms. The predicted octanol–water partition coefficient (Wildman–Crippen LogP) is 3.19. The zero-order valence-corrected chi connectivity index (χ0v) is 20.2. The second-order valence-corrected chi connectivity index (χ2v) is 8.70. The summed E-state index contributed by atoms with van der Waals surface area (Å²) >= 11 is 0. The highest BCUT2D eigenvalue weighted by Gasteiger charge is 2.15. The molecule has 2 heterocycles. The third-order valence-corrected chi connectivity index (χ3v) is 6.23. The van der Waals surface area contributed by atoms with Crippen LogP contribution in [-0.2, 0) is 24.1 Å². The summed E-state index contributed by atoms with van der Waals surface area (Å²) in [6, 6.07) is 16.1. The van der Waals surface area contributed by atoms with E-state index in [-0.39, 0.29) is 18.6 Å². The van der Waals surface area contributed by atoms with Crippen LogP contribution in [0, 0.1) is 0 Å². The molecule has 4 rings (SSSR count). The lowest BCUT2D eigenvalue weighted by Gasteiger charge is -2.34. The number of methoxy groups -OCH3 is 2. The Bertz CT molecular complexity index is 1110. The van der Waals surface area contributed by atoms with Crippen LogP contribution >= 0.6 is 0 Å². The molecule has 0 aliphatic carbocycles. The molecule has 2 aromatic carbocycles. The van der Waals surface area contributed by atoms with E-state index in [1.165, 1.54) is 11.3 Å². The second kappa shape index (κ2) is 11.1. The SMILES string of the molecule is COc1ccc(CC(=O)Cc2cc(Cc3ccc(N4CCN(C)CC4)cc3)ncn2)c(OC)c1. The van der Waals surface area contributed by atoms with Crippen LogP contribution in [0.4, 0.5) is 5.69 Å². The number of rotatable bonds is 9. The molecule has 7 nitrogen and oxygen atoms in total. The number of aromatic nitrogens is 2. The number of Topliss-reactive ketones (excluding diaryl/α,β-unsaturated/α-hetero) is 1. The van der Waals surface area contributed by atoms with Gasteiger partial charge in [0.25, 0.3) is 0 Å². The summed E-state index contributed by atoms with van der Waals surface area (Å²) in [6.07, 6.45) is 2.79. The van der Waals surface area contributed by atoms with Gasteiger partial charge in [-0.05, 0) is 36.9 Å². The molecule has 0 atom stereocenters. The van der Waals surface area contributed by atoms with Crippen LogP contribution in [0.2, 0.25) is 0 Å². The quantitative estimate of drug-likeness (QED) is 0.486. The molecule has 0 amide bonds. The molecule has 1 aliphatic rings. The minimum absolute atomic E-state index is 0.0737. The van der Waals surface area contributed by atoms with Crippen molar-refractivity contribution in [3.8, 4) is 11.5 Å². The Morgan fingerprint density at radius 3 is 2.32 bits per heavy atom. The summed E-state index contributed by atoms with van der Waals surface area (Å²) in [5.74, 6) is 1.42. The Balaban J connectivity index is 1.36. The van der Waals surface area contributed by atoms with Gasteiger partial charge in [-0.25, -0.2) is 9.97 Å². The third-order valence-electron chi connectivity index (χ3n) is 6.23. The molecule has 34 heavy (non-hydrogen) atoms. The van der Waals surface area contributed by atoms with Crippen LogP contribution in [-0.4, -0.2) is 68.1 Å². The van der Waals surface area contributed by atoms with Crippen molar-refractivity contribution in [3.63, 3.8) is 0 Å². The largest absolute Gasteiger partial charge is 0.497 e. The highest BCUT2D eigenvalue weighted by molar-refractivity contribution is 5.83. The summed E-state index contributed by atoms with van der Waals surface area (Å²) < 4.78 is 10.6. The predicted molar refractivity (Wildman–Crippen MR) is 133 cm³/mol. The first kappa shape index (κ1) is 23.7. The van der Waals surface area contributed by atoms with Gasteiger partial charge in [-0.2, -0.15) is 0 Å². The van der Waals surface area contributed by atoms with Gasteiger partial charge in [0.1, 0.15) is 23.6 Å². The lowest BCUT2D eigenvalue weighted by Crippen LogP contribution is -2.44. The summed E-state index contributed by atoms with van der Waals surface area (Å²) in [5, 5.41) is 0. The average molecular weight is 461 g/mol. The maximum atomic E-state index is 12.7. The maximum absolute atomic E-state index is 12.7. The molecule has 3 aromatic rings. The second-order valence-electron chi connectivity index (χ2n) is 8.70. The van der Waals surface area contributed by atoms with Crippen molar-refractivity contribution < 1.29 is 14.3 Å². The number of nitrogens with zero attached hydrogens (tertiary/aromatic N) is 4. The fraction of sp³-hybridized carbons (Fsp3) is 0.370. The molecule has 0 unspecified atom stereocenters. The van der Waals surface area contributed by atoms with E-state index >= 15 is 0 Å². The molecule has 0 spiro atoms. The lowest BCUT2D eigenvalue weighted by molar-refractivity contribution is -0.117. The first-order valence-electron chi connectivity index (χ1n) is 11.6. The highest BCUT2D eigenvalue weighted by atomic mass is 16.5. The number of carbonyl (C=O) groups excluding carboxylic acids is 1. The highest BCUT2D eigenvalue weighted by Crippen LogP contribution is 2.25. The first-order chi connectivity index (χ1) is 16.5. The van der Waals surface area contributed by atoms with E-state index in [1.807, 2.05) is 18.2 Å². The van der Waals surface area contributed by atoms with Crippen LogP contribution in [0.3, 0.4) is 0 Å². The number of likely N-dealkylation sites (N-methyl/N-ethyl adjacent to an activating group) is 1. The van der Waals surface area contributed by atoms with Crippen molar-refractivity contribution in [2.45, 2.75) is 19.3 Å². The van der Waals surface area contributed by atoms with Gasteiger partial charge in [0.2, 0.25) is 0 Å². The lowest BCUT2D eigenvalue weighted by atomic mass is 10.0. The topological polar surface area (TPSA) is 67.8 Å². The van der Waals surface area contributed by atoms with E-state index in [4.69, 9.17) is 9.47 Å². The number of piperazine rings is 1. The smallest absolute Gasteiger partial charge is 0.143 e. The van der Waals surface area contributed by atoms with Crippen LogP contribution in [0.5, 0.6) is 11.5 Å². The molecule has 7 heteroatoms. The van der Waals surface area contributed by atoms with Crippen LogP contribution in [0.25, 0.3) is 0 Å².